The average molecular weight is 295 g/mol. The van der Waals surface area contributed by atoms with E-state index in [1.807, 2.05) is 11.8 Å². The molecule has 2 nitrogen and oxygen atoms in total. The summed E-state index contributed by atoms with van der Waals surface area (Å²) in [5.74, 6) is 1.77. The number of carbonyl (C=O) groups excluding carboxylic acids is 1. The van der Waals surface area contributed by atoms with Crippen LogP contribution in [0.15, 0.2) is 12.2 Å². The number of amides is 1. The second kappa shape index (κ2) is 7.02. The van der Waals surface area contributed by atoms with Gasteiger partial charge in [0.2, 0.25) is 5.91 Å². The maximum Gasteiger partial charge on any atom is 0.226 e. The van der Waals surface area contributed by atoms with Gasteiger partial charge in [-0.1, -0.05) is 32.9 Å². The summed E-state index contributed by atoms with van der Waals surface area (Å²) in [5, 5.41) is 0. The Bertz CT molecular complexity index is 358. The second-order valence-electron chi connectivity index (χ2n) is 7.09. The first-order valence-electron chi connectivity index (χ1n) is 8.07. The smallest absolute Gasteiger partial charge is 0.226 e. The summed E-state index contributed by atoms with van der Waals surface area (Å²) in [4.78, 5) is 15.0. The Labute approximate surface area is 128 Å². The van der Waals surface area contributed by atoms with Crippen LogP contribution in [0.1, 0.15) is 59.3 Å². The molecule has 1 aliphatic carbocycles. The number of likely N-dealkylation sites (tertiary alicyclic amines) is 1. The fraction of sp³-hybridized carbons (Fsp3) is 0.824. The quantitative estimate of drug-likeness (QED) is 0.725. The van der Waals surface area contributed by atoms with Crippen molar-refractivity contribution in [3.8, 4) is 0 Å². The molecule has 1 amide bonds. The predicted molar refractivity (Wildman–Crippen MR) is 88.0 cm³/mol. The van der Waals surface area contributed by atoms with Crippen LogP contribution >= 0.6 is 11.8 Å². The molecule has 0 bridgehead atoms. The summed E-state index contributed by atoms with van der Waals surface area (Å²) in [6.07, 6.45) is 11.1. The minimum absolute atomic E-state index is 0.250. The first-order chi connectivity index (χ1) is 9.47. The molecule has 1 heterocycles. The lowest BCUT2D eigenvalue weighted by molar-refractivity contribution is -0.139. The molecule has 0 radical (unpaired) electrons. The Morgan fingerprint density at radius 1 is 1.25 bits per heavy atom. The van der Waals surface area contributed by atoms with E-state index >= 15 is 0 Å². The highest BCUT2D eigenvalue weighted by Gasteiger charge is 2.32. The van der Waals surface area contributed by atoms with Crippen LogP contribution in [0.25, 0.3) is 0 Å². The highest BCUT2D eigenvalue weighted by molar-refractivity contribution is 8.00. The van der Waals surface area contributed by atoms with Crippen LogP contribution in [0.2, 0.25) is 0 Å². The lowest BCUT2D eigenvalue weighted by Crippen LogP contribution is -2.48. The SMILES string of the molecule is CC(C)(C)SCC1CCCCN1C(=O)C1CC=CCC1. The van der Waals surface area contributed by atoms with Gasteiger partial charge in [-0.05, 0) is 38.5 Å². The molecule has 0 aromatic carbocycles. The zero-order chi connectivity index (χ0) is 14.6. The number of rotatable bonds is 3. The van der Waals surface area contributed by atoms with Crippen molar-refractivity contribution in [1.29, 1.82) is 0 Å². The van der Waals surface area contributed by atoms with Crippen LogP contribution in [-0.2, 0) is 4.79 Å². The van der Waals surface area contributed by atoms with Gasteiger partial charge in [-0.2, -0.15) is 11.8 Å². The maximum absolute atomic E-state index is 12.8. The first kappa shape index (κ1) is 15.9. The molecule has 20 heavy (non-hydrogen) atoms. The first-order valence-corrected chi connectivity index (χ1v) is 9.05. The topological polar surface area (TPSA) is 20.3 Å². The van der Waals surface area contributed by atoms with Gasteiger partial charge in [-0.25, -0.2) is 0 Å². The third kappa shape index (κ3) is 4.54. The molecular formula is C17H29NOS. The number of allylic oxidation sites excluding steroid dienone is 2. The van der Waals surface area contributed by atoms with E-state index in [9.17, 15) is 4.79 Å². The van der Waals surface area contributed by atoms with Gasteiger partial charge in [-0.15, -0.1) is 0 Å². The number of piperidine rings is 1. The average Bonchev–Trinajstić information content (AvgIpc) is 2.45. The fourth-order valence-electron chi connectivity index (χ4n) is 3.06. The maximum atomic E-state index is 12.8. The number of hydrogen-bond acceptors (Lipinski definition) is 2. The molecule has 0 aromatic heterocycles. The van der Waals surface area contributed by atoms with Crippen LogP contribution in [0.3, 0.4) is 0 Å². The fourth-order valence-corrected chi connectivity index (χ4v) is 4.10. The minimum Gasteiger partial charge on any atom is -0.339 e. The van der Waals surface area contributed by atoms with E-state index in [1.165, 1.54) is 19.3 Å². The van der Waals surface area contributed by atoms with Gasteiger partial charge in [-0.3, -0.25) is 4.79 Å². The Morgan fingerprint density at radius 2 is 2.05 bits per heavy atom. The van der Waals surface area contributed by atoms with E-state index in [4.69, 9.17) is 0 Å². The summed E-state index contributed by atoms with van der Waals surface area (Å²) in [6.45, 7) is 7.77. The number of hydrogen-bond donors (Lipinski definition) is 0. The van der Waals surface area contributed by atoms with Gasteiger partial charge >= 0.3 is 0 Å². The zero-order valence-electron chi connectivity index (χ0n) is 13.2. The lowest BCUT2D eigenvalue weighted by Gasteiger charge is -2.39. The zero-order valence-corrected chi connectivity index (χ0v) is 14.0. The van der Waals surface area contributed by atoms with Crippen LogP contribution in [0, 0.1) is 5.92 Å². The number of nitrogens with zero attached hydrogens (tertiary/aromatic N) is 1. The van der Waals surface area contributed by atoms with Crippen LogP contribution < -0.4 is 0 Å². The van der Waals surface area contributed by atoms with Crippen molar-refractivity contribution in [2.24, 2.45) is 5.92 Å². The van der Waals surface area contributed by atoms with Crippen molar-refractivity contribution in [2.45, 2.75) is 70.1 Å². The van der Waals surface area contributed by atoms with Crippen molar-refractivity contribution in [1.82, 2.24) is 4.90 Å². The Balaban J connectivity index is 1.95. The molecule has 2 unspecified atom stereocenters. The molecule has 1 saturated heterocycles. The van der Waals surface area contributed by atoms with E-state index < -0.39 is 0 Å². The lowest BCUT2D eigenvalue weighted by atomic mass is 9.91. The molecule has 2 atom stereocenters. The van der Waals surface area contributed by atoms with Crippen LogP contribution in [0.4, 0.5) is 0 Å². The summed E-state index contributed by atoms with van der Waals surface area (Å²) >= 11 is 2.00. The number of carbonyl (C=O) groups is 1. The van der Waals surface area contributed by atoms with Crippen LogP contribution in [-0.4, -0.2) is 33.9 Å². The summed E-state index contributed by atoms with van der Waals surface area (Å²) in [6, 6.07) is 0.464. The molecule has 0 N–H and O–H groups in total. The van der Waals surface area contributed by atoms with Crippen molar-refractivity contribution < 1.29 is 4.79 Å². The van der Waals surface area contributed by atoms with Crippen molar-refractivity contribution in [3.05, 3.63) is 12.2 Å². The molecule has 0 spiro atoms. The molecule has 114 valence electrons. The Morgan fingerprint density at radius 3 is 2.70 bits per heavy atom. The minimum atomic E-state index is 0.250. The molecule has 2 aliphatic rings. The van der Waals surface area contributed by atoms with Gasteiger partial charge in [0, 0.05) is 29.0 Å². The molecule has 1 aliphatic heterocycles. The highest BCUT2D eigenvalue weighted by Crippen LogP contribution is 2.30. The summed E-state index contributed by atoms with van der Waals surface area (Å²) in [5.41, 5.74) is 0. The third-order valence-corrected chi connectivity index (χ3v) is 5.65. The van der Waals surface area contributed by atoms with Crippen molar-refractivity contribution >= 4 is 17.7 Å². The van der Waals surface area contributed by atoms with E-state index in [2.05, 4.69) is 37.8 Å². The normalized spacial score (nSPS) is 27.6. The summed E-state index contributed by atoms with van der Waals surface area (Å²) < 4.78 is 0.291. The monoisotopic (exact) mass is 295 g/mol. The molecule has 2 rings (SSSR count). The third-order valence-electron chi connectivity index (χ3n) is 4.24. The Kier molecular flexibility index (Phi) is 5.59. The predicted octanol–water partition coefficient (Wildman–Crippen LogP) is 4.26. The molecule has 1 fully saturated rings. The standard InChI is InChI=1S/C17H29NOS/c1-17(2,3)20-13-15-11-7-8-12-18(15)16(19)14-9-5-4-6-10-14/h4-5,14-15H,6-13H2,1-3H3. The highest BCUT2D eigenvalue weighted by atomic mass is 32.2. The van der Waals surface area contributed by atoms with Gasteiger partial charge in [0.05, 0.1) is 0 Å². The van der Waals surface area contributed by atoms with E-state index in [1.54, 1.807) is 0 Å². The van der Waals surface area contributed by atoms with Gasteiger partial charge in [0.25, 0.3) is 0 Å². The van der Waals surface area contributed by atoms with Crippen molar-refractivity contribution in [2.75, 3.05) is 12.3 Å². The van der Waals surface area contributed by atoms with Crippen LogP contribution in [0.5, 0.6) is 0 Å². The van der Waals surface area contributed by atoms with E-state index in [-0.39, 0.29) is 5.92 Å². The molecule has 0 aromatic rings. The van der Waals surface area contributed by atoms with Crippen molar-refractivity contribution in [3.63, 3.8) is 0 Å². The van der Waals surface area contributed by atoms with Gasteiger partial charge < -0.3 is 4.90 Å². The molecule has 3 heteroatoms. The largest absolute Gasteiger partial charge is 0.339 e. The van der Waals surface area contributed by atoms with Gasteiger partial charge in [0.1, 0.15) is 0 Å². The summed E-state index contributed by atoms with van der Waals surface area (Å²) in [7, 11) is 0. The van der Waals surface area contributed by atoms with E-state index in [0.717, 1.165) is 31.6 Å². The second-order valence-corrected chi connectivity index (χ2v) is 8.93. The van der Waals surface area contributed by atoms with E-state index in [0.29, 0.717) is 16.7 Å². The molecular weight excluding hydrogens is 266 g/mol. The Hall–Kier alpha value is -0.440. The van der Waals surface area contributed by atoms with Gasteiger partial charge in [0.15, 0.2) is 0 Å². The molecule has 0 saturated carbocycles. The number of thioether (sulfide) groups is 1.